The Kier molecular flexibility index (Phi) is 6.26. The Morgan fingerprint density at radius 2 is 1.71 bits per heavy atom. The van der Waals surface area contributed by atoms with E-state index in [2.05, 4.69) is 56.5 Å². The lowest BCUT2D eigenvalue weighted by Crippen LogP contribution is -2.47. The first-order valence-corrected chi connectivity index (χ1v) is 13.1. The molecule has 1 aliphatic heterocycles. The van der Waals surface area contributed by atoms with Crippen molar-refractivity contribution in [3.63, 3.8) is 0 Å². The second kappa shape index (κ2) is 9.23. The summed E-state index contributed by atoms with van der Waals surface area (Å²) in [5, 5.41) is 2.10. The largest absolute Gasteiger partial charge is 0.330 e. The molecule has 1 unspecified atom stereocenters. The number of carbonyl (C=O) groups excluding carboxylic acids is 2. The number of fused-ring (bicyclic) bond motifs is 1. The molecule has 1 fully saturated rings. The molecule has 6 heteroatoms. The van der Waals surface area contributed by atoms with E-state index in [0.29, 0.717) is 12.1 Å². The molecule has 1 saturated carbocycles. The molecule has 3 aromatic rings. The molecule has 2 amide bonds. The van der Waals surface area contributed by atoms with Crippen molar-refractivity contribution in [2.24, 2.45) is 0 Å². The predicted molar refractivity (Wildman–Crippen MR) is 137 cm³/mol. The molecule has 4 nitrogen and oxygen atoms in total. The number of carbonyl (C=O) groups is 2. The van der Waals surface area contributed by atoms with Gasteiger partial charge in [0, 0.05) is 23.0 Å². The maximum atomic E-state index is 13.7. The monoisotopic (exact) mass is 490 g/mol. The van der Waals surface area contributed by atoms with E-state index in [0.717, 1.165) is 24.8 Å². The van der Waals surface area contributed by atoms with Gasteiger partial charge < -0.3 is 9.80 Å². The van der Waals surface area contributed by atoms with E-state index in [4.69, 9.17) is 0 Å². The first-order chi connectivity index (χ1) is 16.7. The van der Waals surface area contributed by atoms with Crippen LogP contribution in [0, 0.1) is 5.82 Å². The average Bonchev–Trinajstić information content (AvgIpc) is 3.57. The number of amides is 2. The van der Waals surface area contributed by atoms with Crippen molar-refractivity contribution in [1.82, 2.24) is 9.80 Å². The van der Waals surface area contributed by atoms with Crippen LogP contribution < -0.4 is 0 Å². The van der Waals surface area contributed by atoms with Crippen LogP contribution in [0.15, 0.2) is 60.0 Å². The molecule has 0 N–H and O–H groups in total. The summed E-state index contributed by atoms with van der Waals surface area (Å²) in [4.78, 5) is 31.9. The van der Waals surface area contributed by atoms with Crippen LogP contribution in [0.5, 0.6) is 0 Å². The number of benzene rings is 2. The maximum absolute atomic E-state index is 13.7. The summed E-state index contributed by atoms with van der Waals surface area (Å²) < 4.78 is 13.4. The lowest BCUT2D eigenvalue weighted by atomic mass is 9.85. The van der Waals surface area contributed by atoms with Gasteiger partial charge in [0.05, 0.1) is 6.04 Å². The fourth-order valence-corrected chi connectivity index (χ4v) is 5.76. The summed E-state index contributed by atoms with van der Waals surface area (Å²) in [7, 11) is 0. The van der Waals surface area contributed by atoms with Gasteiger partial charge in [-0.25, -0.2) is 4.39 Å². The molecule has 0 bridgehead atoms. The topological polar surface area (TPSA) is 40.6 Å². The molecular formula is C29H31FN2O2S. The third-order valence-corrected chi connectivity index (χ3v) is 8.02. The number of thiophene rings is 1. The van der Waals surface area contributed by atoms with Gasteiger partial charge in [-0.05, 0) is 77.1 Å². The molecule has 2 aliphatic rings. The maximum Gasteiger partial charge on any atom is 0.254 e. The van der Waals surface area contributed by atoms with Crippen LogP contribution in [-0.2, 0) is 16.6 Å². The number of halogens is 1. The summed E-state index contributed by atoms with van der Waals surface area (Å²) in [6, 6.07) is 16.2. The van der Waals surface area contributed by atoms with Crippen LogP contribution in [0.25, 0.3) is 0 Å². The lowest BCUT2D eigenvalue weighted by Gasteiger charge is -2.38. The van der Waals surface area contributed by atoms with Crippen molar-refractivity contribution in [2.45, 2.75) is 57.5 Å². The van der Waals surface area contributed by atoms with Crippen molar-refractivity contribution in [3.05, 3.63) is 92.9 Å². The normalized spacial score (nSPS) is 17.7. The average molecular weight is 491 g/mol. The van der Waals surface area contributed by atoms with E-state index in [-0.39, 0.29) is 41.7 Å². The smallest absolute Gasteiger partial charge is 0.254 e. The van der Waals surface area contributed by atoms with Gasteiger partial charge in [-0.15, -0.1) is 11.3 Å². The zero-order valence-electron chi connectivity index (χ0n) is 20.5. The van der Waals surface area contributed by atoms with E-state index in [1.54, 1.807) is 16.2 Å². The zero-order valence-corrected chi connectivity index (χ0v) is 21.3. The third kappa shape index (κ3) is 4.90. The Labute approximate surface area is 210 Å². The summed E-state index contributed by atoms with van der Waals surface area (Å²) in [5.41, 5.74) is 4.00. The molecule has 1 atom stereocenters. The molecule has 2 aromatic carbocycles. The standard InChI is InChI=1S/C29H31FN2O2S/c1-29(2,3)21-8-4-19(5-9-21)27-24-15-17-35-25(24)14-16-31(27)26(33)18-32(23-12-13-23)28(34)20-6-10-22(30)11-7-20/h4-11,15,17,23,27H,12-14,16,18H2,1-3H3. The molecule has 5 rings (SSSR count). The van der Waals surface area contributed by atoms with Crippen molar-refractivity contribution >= 4 is 23.2 Å². The molecule has 1 aliphatic carbocycles. The van der Waals surface area contributed by atoms with Crippen molar-refractivity contribution in [1.29, 1.82) is 0 Å². The summed E-state index contributed by atoms with van der Waals surface area (Å²) >= 11 is 1.74. The fraction of sp³-hybridized carbons (Fsp3) is 0.379. The molecule has 0 saturated heterocycles. The second-order valence-corrected chi connectivity index (χ2v) is 11.6. The molecule has 35 heavy (non-hydrogen) atoms. The highest BCUT2D eigenvalue weighted by atomic mass is 32.1. The van der Waals surface area contributed by atoms with Gasteiger partial charge in [-0.2, -0.15) is 0 Å². The highest BCUT2D eigenvalue weighted by Crippen LogP contribution is 2.39. The molecule has 182 valence electrons. The van der Waals surface area contributed by atoms with E-state index in [1.165, 1.54) is 40.3 Å². The quantitative estimate of drug-likeness (QED) is 0.443. The lowest BCUT2D eigenvalue weighted by molar-refractivity contribution is -0.134. The van der Waals surface area contributed by atoms with E-state index in [1.807, 2.05) is 4.90 Å². The first kappa shape index (κ1) is 23.7. The van der Waals surface area contributed by atoms with E-state index in [9.17, 15) is 14.0 Å². The van der Waals surface area contributed by atoms with Crippen LogP contribution in [0.4, 0.5) is 4.39 Å². The first-order valence-electron chi connectivity index (χ1n) is 12.2. The summed E-state index contributed by atoms with van der Waals surface area (Å²) in [6.07, 6.45) is 2.61. The number of nitrogens with zero attached hydrogens (tertiary/aromatic N) is 2. The van der Waals surface area contributed by atoms with Gasteiger partial charge in [-0.3, -0.25) is 9.59 Å². The fourth-order valence-electron chi connectivity index (χ4n) is 4.86. The van der Waals surface area contributed by atoms with Gasteiger partial charge in [0.1, 0.15) is 12.4 Å². The Bertz CT molecular complexity index is 1220. The van der Waals surface area contributed by atoms with Gasteiger partial charge >= 0.3 is 0 Å². The third-order valence-electron chi connectivity index (χ3n) is 7.02. The predicted octanol–water partition coefficient (Wildman–Crippen LogP) is 5.96. The van der Waals surface area contributed by atoms with Gasteiger partial charge in [0.15, 0.2) is 0 Å². The van der Waals surface area contributed by atoms with Crippen LogP contribution in [0.1, 0.15) is 71.6 Å². The zero-order chi connectivity index (χ0) is 24.7. The Balaban J connectivity index is 1.42. The minimum Gasteiger partial charge on any atom is -0.330 e. The molecule has 2 heterocycles. The SMILES string of the molecule is CC(C)(C)c1ccc(C2c3ccsc3CCN2C(=O)CN(C(=O)c2ccc(F)cc2)C2CC2)cc1. The minimum atomic E-state index is -0.379. The van der Waals surface area contributed by atoms with Crippen LogP contribution >= 0.6 is 11.3 Å². The van der Waals surface area contributed by atoms with E-state index >= 15 is 0 Å². The van der Waals surface area contributed by atoms with Crippen molar-refractivity contribution in [3.8, 4) is 0 Å². The highest BCUT2D eigenvalue weighted by molar-refractivity contribution is 7.10. The van der Waals surface area contributed by atoms with Crippen molar-refractivity contribution < 1.29 is 14.0 Å². The highest BCUT2D eigenvalue weighted by Gasteiger charge is 2.38. The number of hydrogen-bond acceptors (Lipinski definition) is 3. The molecule has 0 spiro atoms. The van der Waals surface area contributed by atoms with Crippen molar-refractivity contribution in [2.75, 3.05) is 13.1 Å². The summed E-state index contributed by atoms with van der Waals surface area (Å²) in [6.45, 7) is 7.25. The number of hydrogen-bond donors (Lipinski definition) is 0. The molecule has 1 aromatic heterocycles. The Hall–Kier alpha value is -2.99. The summed E-state index contributed by atoms with van der Waals surface area (Å²) in [5.74, 6) is -0.634. The minimum absolute atomic E-state index is 0.0386. The van der Waals surface area contributed by atoms with Gasteiger partial charge in [0.2, 0.25) is 5.91 Å². The Morgan fingerprint density at radius 1 is 1.03 bits per heavy atom. The van der Waals surface area contributed by atoms with Gasteiger partial charge in [0.25, 0.3) is 5.91 Å². The Morgan fingerprint density at radius 3 is 2.34 bits per heavy atom. The van der Waals surface area contributed by atoms with Gasteiger partial charge in [-0.1, -0.05) is 45.0 Å². The molecule has 0 radical (unpaired) electrons. The molecular weight excluding hydrogens is 459 g/mol. The number of rotatable bonds is 5. The van der Waals surface area contributed by atoms with Crippen LogP contribution in [0.2, 0.25) is 0 Å². The van der Waals surface area contributed by atoms with Crippen LogP contribution in [-0.4, -0.2) is 40.7 Å². The second-order valence-electron chi connectivity index (χ2n) is 10.6. The van der Waals surface area contributed by atoms with Crippen LogP contribution in [0.3, 0.4) is 0 Å². The van der Waals surface area contributed by atoms with E-state index < -0.39 is 0 Å².